The number of hydrogen-bond donors (Lipinski definition) is 0. The molecule has 2 aromatic rings. The number of hydrogen-bond acceptors (Lipinski definition) is 3. The van der Waals surface area contributed by atoms with E-state index in [1.165, 1.54) is 5.56 Å². The van der Waals surface area contributed by atoms with Crippen LogP contribution in [0.5, 0.6) is 0 Å². The standard InChI is InChI=1S/C24H27N3O/c1-26(2)24(20-6-4-3-5-7-20)14-12-23(13-15-24)16-22(28)27(18-23)21-10-8-19(17-25)9-11-21/h3-11H,12-16,18H2,1-2H3. The van der Waals surface area contributed by atoms with Crippen molar-refractivity contribution in [3.8, 4) is 6.07 Å². The molecule has 0 N–H and O–H groups in total. The summed E-state index contributed by atoms with van der Waals surface area (Å²) >= 11 is 0. The Morgan fingerprint density at radius 2 is 1.61 bits per heavy atom. The van der Waals surface area contributed by atoms with Gasteiger partial charge in [-0.05, 0) is 75.0 Å². The van der Waals surface area contributed by atoms with Crippen LogP contribution in [0, 0.1) is 16.7 Å². The maximum atomic E-state index is 12.8. The quantitative estimate of drug-likeness (QED) is 0.805. The molecule has 1 spiro atoms. The first-order valence-electron chi connectivity index (χ1n) is 10.0. The molecule has 1 aliphatic heterocycles. The molecule has 2 aromatic carbocycles. The highest BCUT2D eigenvalue weighted by molar-refractivity contribution is 5.96. The topological polar surface area (TPSA) is 47.3 Å². The van der Waals surface area contributed by atoms with Crippen molar-refractivity contribution in [3.63, 3.8) is 0 Å². The Bertz CT molecular complexity index is 888. The van der Waals surface area contributed by atoms with Crippen LogP contribution < -0.4 is 4.90 Å². The number of nitrogens with zero attached hydrogens (tertiary/aromatic N) is 3. The van der Waals surface area contributed by atoms with Crippen LogP contribution in [0.1, 0.15) is 43.2 Å². The highest BCUT2D eigenvalue weighted by Gasteiger charge is 2.50. The van der Waals surface area contributed by atoms with E-state index in [4.69, 9.17) is 5.26 Å². The van der Waals surface area contributed by atoms with Crippen LogP contribution in [0.2, 0.25) is 0 Å². The van der Waals surface area contributed by atoms with E-state index in [0.717, 1.165) is 37.9 Å². The van der Waals surface area contributed by atoms with Crippen molar-refractivity contribution in [1.82, 2.24) is 4.90 Å². The molecule has 0 atom stereocenters. The summed E-state index contributed by atoms with van der Waals surface area (Å²) in [7, 11) is 4.35. The van der Waals surface area contributed by atoms with Crippen molar-refractivity contribution in [2.45, 2.75) is 37.6 Å². The van der Waals surface area contributed by atoms with Crippen LogP contribution >= 0.6 is 0 Å². The first-order chi connectivity index (χ1) is 13.5. The average molecular weight is 374 g/mol. The van der Waals surface area contributed by atoms with Gasteiger partial charge in [0, 0.05) is 24.2 Å². The van der Waals surface area contributed by atoms with Gasteiger partial charge in [0.1, 0.15) is 0 Å². The van der Waals surface area contributed by atoms with Gasteiger partial charge in [-0.3, -0.25) is 9.69 Å². The molecule has 4 heteroatoms. The predicted octanol–water partition coefficient (Wildman–Crippen LogP) is 4.31. The number of anilines is 1. The summed E-state index contributed by atoms with van der Waals surface area (Å²) in [5, 5.41) is 9.00. The third-order valence-corrected chi connectivity index (χ3v) is 6.93. The van der Waals surface area contributed by atoms with E-state index in [1.54, 1.807) is 12.1 Å². The first-order valence-corrected chi connectivity index (χ1v) is 10.0. The van der Waals surface area contributed by atoms with E-state index >= 15 is 0 Å². The van der Waals surface area contributed by atoms with Gasteiger partial charge in [-0.25, -0.2) is 0 Å². The minimum Gasteiger partial charge on any atom is -0.312 e. The minimum atomic E-state index is 0.0530. The van der Waals surface area contributed by atoms with Crippen molar-refractivity contribution in [1.29, 1.82) is 5.26 Å². The predicted molar refractivity (Wildman–Crippen MR) is 111 cm³/mol. The Morgan fingerprint density at radius 1 is 0.964 bits per heavy atom. The fourth-order valence-electron chi connectivity index (χ4n) is 5.12. The molecule has 4 nitrogen and oxygen atoms in total. The van der Waals surface area contributed by atoms with Crippen molar-refractivity contribution in [2.24, 2.45) is 5.41 Å². The molecule has 144 valence electrons. The summed E-state index contributed by atoms with van der Waals surface area (Å²) < 4.78 is 0. The Morgan fingerprint density at radius 3 is 2.18 bits per heavy atom. The van der Waals surface area contributed by atoms with Crippen molar-refractivity contribution in [3.05, 3.63) is 65.7 Å². The summed E-state index contributed by atoms with van der Waals surface area (Å²) in [4.78, 5) is 17.1. The molecule has 28 heavy (non-hydrogen) atoms. The zero-order valence-corrected chi connectivity index (χ0v) is 16.7. The average Bonchev–Trinajstić information content (AvgIpc) is 3.05. The van der Waals surface area contributed by atoms with Crippen LogP contribution in [0.15, 0.2) is 54.6 Å². The maximum Gasteiger partial charge on any atom is 0.227 e. The number of benzene rings is 2. The Kier molecular flexibility index (Phi) is 4.72. The highest BCUT2D eigenvalue weighted by atomic mass is 16.2. The summed E-state index contributed by atoms with van der Waals surface area (Å²) in [6.45, 7) is 0.788. The maximum absolute atomic E-state index is 12.8. The van der Waals surface area contributed by atoms with Gasteiger partial charge in [0.05, 0.1) is 11.6 Å². The van der Waals surface area contributed by atoms with Gasteiger partial charge in [0.15, 0.2) is 0 Å². The third-order valence-electron chi connectivity index (χ3n) is 6.93. The van der Waals surface area contributed by atoms with E-state index in [1.807, 2.05) is 17.0 Å². The van der Waals surface area contributed by atoms with Gasteiger partial charge in [-0.1, -0.05) is 30.3 Å². The van der Waals surface area contributed by atoms with Gasteiger partial charge in [0.25, 0.3) is 0 Å². The first kappa shape index (κ1) is 18.7. The zero-order chi connectivity index (χ0) is 19.8. The number of amides is 1. The van der Waals surface area contributed by atoms with E-state index < -0.39 is 0 Å². The van der Waals surface area contributed by atoms with E-state index in [2.05, 4.69) is 55.4 Å². The summed E-state index contributed by atoms with van der Waals surface area (Å²) in [5.74, 6) is 0.210. The SMILES string of the molecule is CN(C)C1(c2ccccc2)CCC2(CC1)CC(=O)N(c1ccc(C#N)cc1)C2. The number of carbonyl (C=O) groups excluding carboxylic acids is 1. The van der Waals surface area contributed by atoms with Crippen molar-refractivity contribution < 1.29 is 4.79 Å². The summed E-state index contributed by atoms with van der Waals surface area (Å²) in [5.41, 5.74) is 3.04. The fraction of sp³-hybridized carbons (Fsp3) is 0.417. The third kappa shape index (κ3) is 3.10. The molecule has 0 bridgehead atoms. The number of nitriles is 1. The molecule has 1 saturated carbocycles. The Labute approximate surface area is 167 Å². The minimum absolute atomic E-state index is 0.0530. The summed E-state index contributed by atoms with van der Waals surface area (Å²) in [6, 6.07) is 20.3. The van der Waals surface area contributed by atoms with Crippen LogP contribution in [0.25, 0.3) is 0 Å². The lowest BCUT2D eigenvalue weighted by molar-refractivity contribution is -0.118. The molecule has 1 saturated heterocycles. The van der Waals surface area contributed by atoms with Gasteiger partial charge in [0.2, 0.25) is 5.91 Å². The second-order valence-corrected chi connectivity index (χ2v) is 8.61. The molecule has 1 heterocycles. The molecule has 1 aliphatic carbocycles. The van der Waals surface area contributed by atoms with Gasteiger partial charge < -0.3 is 4.90 Å². The van der Waals surface area contributed by atoms with Gasteiger partial charge in [-0.15, -0.1) is 0 Å². The smallest absolute Gasteiger partial charge is 0.227 e. The van der Waals surface area contributed by atoms with E-state index in [9.17, 15) is 4.79 Å². The molecule has 0 unspecified atom stereocenters. The molecule has 2 fully saturated rings. The molecule has 0 radical (unpaired) electrons. The highest BCUT2D eigenvalue weighted by Crippen LogP contribution is 2.52. The lowest BCUT2D eigenvalue weighted by Gasteiger charge is -2.48. The largest absolute Gasteiger partial charge is 0.312 e. The van der Waals surface area contributed by atoms with E-state index in [0.29, 0.717) is 12.0 Å². The molecular formula is C24H27N3O. The van der Waals surface area contributed by atoms with Crippen molar-refractivity contribution >= 4 is 11.6 Å². The lowest BCUT2D eigenvalue weighted by atomic mass is 9.64. The second kappa shape index (κ2) is 7.07. The van der Waals surface area contributed by atoms with Crippen LogP contribution in [-0.2, 0) is 10.3 Å². The number of carbonyl (C=O) groups is 1. The molecule has 4 rings (SSSR count). The fourth-order valence-corrected chi connectivity index (χ4v) is 5.12. The van der Waals surface area contributed by atoms with Crippen LogP contribution in [0.3, 0.4) is 0 Å². The second-order valence-electron chi connectivity index (χ2n) is 8.61. The molecular weight excluding hydrogens is 346 g/mol. The molecule has 1 amide bonds. The lowest BCUT2D eigenvalue weighted by Crippen LogP contribution is -2.47. The normalized spacial score (nSPS) is 27.4. The van der Waals surface area contributed by atoms with Gasteiger partial charge >= 0.3 is 0 Å². The number of rotatable bonds is 3. The van der Waals surface area contributed by atoms with Crippen molar-refractivity contribution in [2.75, 3.05) is 25.5 Å². The Hall–Kier alpha value is -2.64. The monoisotopic (exact) mass is 373 g/mol. The molecule has 0 aromatic heterocycles. The molecule has 2 aliphatic rings. The summed E-state index contributed by atoms with van der Waals surface area (Å²) in [6.07, 6.45) is 4.87. The van der Waals surface area contributed by atoms with Gasteiger partial charge in [-0.2, -0.15) is 5.26 Å². The van der Waals surface area contributed by atoms with Crippen LogP contribution in [-0.4, -0.2) is 31.4 Å². The van der Waals surface area contributed by atoms with Crippen LogP contribution in [0.4, 0.5) is 5.69 Å². The zero-order valence-electron chi connectivity index (χ0n) is 16.7. The van der Waals surface area contributed by atoms with E-state index in [-0.39, 0.29) is 16.9 Å². The Balaban J connectivity index is 1.54.